The van der Waals surface area contributed by atoms with Crippen molar-refractivity contribution in [3.63, 3.8) is 0 Å². The van der Waals surface area contributed by atoms with Crippen molar-refractivity contribution < 1.29 is 17.9 Å². The molecule has 1 fully saturated rings. The van der Waals surface area contributed by atoms with Gasteiger partial charge < -0.3 is 9.64 Å². The Morgan fingerprint density at radius 3 is 2.54 bits per heavy atom. The number of piperidine rings is 1. The van der Waals surface area contributed by atoms with Crippen LogP contribution in [0.1, 0.15) is 43.5 Å². The van der Waals surface area contributed by atoms with Crippen LogP contribution < -0.4 is 0 Å². The van der Waals surface area contributed by atoms with Gasteiger partial charge in [-0.1, -0.05) is 26.3 Å². The van der Waals surface area contributed by atoms with E-state index in [0.717, 1.165) is 19.3 Å². The second kappa shape index (κ2) is 9.48. The minimum atomic E-state index is -3.55. The molecular formula is C19H30N2O4S. The van der Waals surface area contributed by atoms with Gasteiger partial charge in [0.25, 0.3) is 5.91 Å². The molecule has 146 valence electrons. The van der Waals surface area contributed by atoms with Gasteiger partial charge in [0.1, 0.15) is 0 Å². The Morgan fingerprint density at radius 1 is 1.23 bits per heavy atom. The normalized spacial score (nSPS) is 16.0. The van der Waals surface area contributed by atoms with Crippen molar-refractivity contribution in [2.24, 2.45) is 5.92 Å². The van der Waals surface area contributed by atoms with Gasteiger partial charge in [-0.25, -0.2) is 8.42 Å². The van der Waals surface area contributed by atoms with E-state index in [9.17, 15) is 13.2 Å². The van der Waals surface area contributed by atoms with E-state index < -0.39 is 10.0 Å². The fourth-order valence-electron chi connectivity index (χ4n) is 3.14. The highest BCUT2D eigenvalue weighted by molar-refractivity contribution is 7.89. The van der Waals surface area contributed by atoms with Crippen LogP contribution in [0.4, 0.5) is 0 Å². The third-order valence-corrected chi connectivity index (χ3v) is 6.37. The Balaban J connectivity index is 2.24. The lowest BCUT2D eigenvalue weighted by Crippen LogP contribution is -2.37. The first-order valence-corrected chi connectivity index (χ1v) is 10.7. The number of carbonyl (C=O) groups excluding carboxylic acids is 1. The van der Waals surface area contributed by atoms with Crippen LogP contribution in [0, 0.1) is 5.92 Å². The van der Waals surface area contributed by atoms with Gasteiger partial charge in [-0.05, 0) is 37.0 Å². The summed E-state index contributed by atoms with van der Waals surface area (Å²) in [5.41, 5.74) is 0.403. The van der Waals surface area contributed by atoms with E-state index >= 15 is 0 Å². The zero-order valence-electron chi connectivity index (χ0n) is 16.0. The molecule has 7 heteroatoms. The maximum atomic E-state index is 12.9. The molecule has 1 saturated heterocycles. The molecule has 0 aliphatic carbocycles. The molecule has 0 saturated carbocycles. The number of nitrogens with zero attached hydrogens (tertiary/aromatic N) is 2. The average Bonchev–Trinajstić information content (AvgIpc) is 2.65. The van der Waals surface area contributed by atoms with Crippen molar-refractivity contribution in [2.75, 3.05) is 39.9 Å². The largest absolute Gasteiger partial charge is 0.383 e. The third-order valence-electron chi connectivity index (χ3n) is 4.47. The summed E-state index contributed by atoms with van der Waals surface area (Å²) in [6.45, 7) is 6.72. The average molecular weight is 383 g/mol. The maximum absolute atomic E-state index is 12.9. The van der Waals surface area contributed by atoms with E-state index in [4.69, 9.17) is 4.74 Å². The highest BCUT2D eigenvalue weighted by Gasteiger charge is 2.27. The number of hydrogen-bond acceptors (Lipinski definition) is 4. The van der Waals surface area contributed by atoms with Crippen LogP contribution in [0.25, 0.3) is 0 Å². The first-order valence-electron chi connectivity index (χ1n) is 9.24. The number of sulfonamides is 1. The van der Waals surface area contributed by atoms with E-state index in [1.54, 1.807) is 30.2 Å². The summed E-state index contributed by atoms with van der Waals surface area (Å²) >= 11 is 0. The molecule has 0 bridgehead atoms. The molecule has 1 aliphatic heterocycles. The summed E-state index contributed by atoms with van der Waals surface area (Å²) in [4.78, 5) is 14.8. The summed E-state index contributed by atoms with van der Waals surface area (Å²) in [7, 11) is -1.94. The Hall–Kier alpha value is -1.44. The van der Waals surface area contributed by atoms with Crippen LogP contribution in [-0.2, 0) is 14.8 Å². The standard InChI is InChI=1S/C19H30N2O4S/c1-16(2)15-20(12-13-25-3)19(22)17-8-7-9-18(14-17)26(23,24)21-10-5-4-6-11-21/h7-9,14,16H,4-6,10-13,15H2,1-3H3. The van der Waals surface area contributed by atoms with E-state index in [2.05, 4.69) is 0 Å². The van der Waals surface area contributed by atoms with Crippen molar-refractivity contribution in [3.8, 4) is 0 Å². The number of rotatable bonds is 8. The Morgan fingerprint density at radius 2 is 1.92 bits per heavy atom. The van der Waals surface area contributed by atoms with Crippen LogP contribution in [0.2, 0.25) is 0 Å². The molecule has 0 atom stereocenters. The zero-order chi connectivity index (χ0) is 19.2. The predicted molar refractivity (Wildman–Crippen MR) is 102 cm³/mol. The molecule has 0 N–H and O–H groups in total. The zero-order valence-corrected chi connectivity index (χ0v) is 16.8. The summed E-state index contributed by atoms with van der Waals surface area (Å²) in [5, 5.41) is 0. The van der Waals surface area contributed by atoms with E-state index in [1.165, 1.54) is 10.4 Å². The third kappa shape index (κ3) is 5.28. The number of hydrogen-bond donors (Lipinski definition) is 0. The van der Waals surface area contributed by atoms with Crippen LogP contribution in [0.5, 0.6) is 0 Å². The first kappa shape index (κ1) is 20.9. The van der Waals surface area contributed by atoms with E-state index in [0.29, 0.717) is 44.3 Å². The molecule has 1 aromatic carbocycles. The van der Waals surface area contributed by atoms with Gasteiger partial charge in [0.2, 0.25) is 10.0 Å². The molecule has 2 rings (SSSR count). The lowest BCUT2D eigenvalue weighted by molar-refractivity contribution is 0.0672. The van der Waals surface area contributed by atoms with Crippen LogP contribution in [0.3, 0.4) is 0 Å². The number of benzene rings is 1. The fraction of sp³-hybridized carbons (Fsp3) is 0.632. The van der Waals surface area contributed by atoms with E-state index in [1.807, 2.05) is 13.8 Å². The van der Waals surface area contributed by atoms with Gasteiger partial charge in [-0.3, -0.25) is 4.79 Å². The number of carbonyl (C=O) groups is 1. The summed E-state index contributed by atoms with van der Waals surface area (Å²) in [5.74, 6) is 0.155. The highest BCUT2D eigenvalue weighted by atomic mass is 32.2. The topological polar surface area (TPSA) is 66.9 Å². The van der Waals surface area contributed by atoms with Crippen molar-refractivity contribution in [1.82, 2.24) is 9.21 Å². The van der Waals surface area contributed by atoms with E-state index in [-0.39, 0.29) is 10.8 Å². The van der Waals surface area contributed by atoms with Crippen molar-refractivity contribution in [1.29, 1.82) is 0 Å². The molecule has 1 amide bonds. The smallest absolute Gasteiger partial charge is 0.253 e. The molecule has 1 aliphatic rings. The molecule has 0 spiro atoms. The van der Waals surface area contributed by atoms with Crippen molar-refractivity contribution >= 4 is 15.9 Å². The lowest BCUT2D eigenvalue weighted by Gasteiger charge is -2.27. The Labute approximate surface area is 157 Å². The Kier molecular flexibility index (Phi) is 7.61. The summed E-state index contributed by atoms with van der Waals surface area (Å²) < 4.78 is 32.4. The minimum absolute atomic E-state index is 0.161. The lowest BCUT2D eigenvalue weighted by atomic mass is 10.1. The number of amides is 1. The van der Waals surface area contributed by atoms with Gasteiger partial charge in [0.05, 0.1) is 11.5 Å². The fourth-order valence-corrected chi connectivity index (χ4v) is 4.71. The molecule has 1 aromatic rings. The molecule has 1 heterocycles. The second-order valence-corrected chi connectivity index (χ2v) is 9.07. The highest BCUT2D eigenvalue weighted by Crippen LogP contribution is 2.22. The van der Waals surface area contributed by atoms with Crippen molar-refractivity contribution in [2.45, 2.75) is 38.0 Å². The van der Waals surface area contributed by atoms with Crippen LogP contribution in [-0.4, -0.2) is 63.4 Å². The monoisotopic (exact) mass is 382 g/mol. The molecule has 0 unspecified atom stereocenters. The van der Waals surface area contributed by atoms with Crippen molar-refractivity contribution in [3.05, 3.63) is 29.8 Å². The van der Waals surface area contributed by atoms with Gasteiger partial charge in [0, 0.05) is 38.9 Å². The quantitative estimate of drug-likeness (QED) is 0.693. The first-order chi connectivity index (χ1) is 12.4. The van der Waals surface area contributed by atoms with Gasteiger partial charge in [0.15, 0.2) is 0 Å². The van der Waals surface area contributed by atoms with Crippen LogP contribution >= 0.6 is 0 Å². The minimum Gasteiger partial charge on any atom is -0.383 e. The second-order valence-electron chi connectivity index (χ2n) is 7.13. The Bertz CT molecular complexity index is 697. The van der Waals surface area contributed by atoms with Gasteiger partial charge >= 0.3 is 0 Å². The molecular weight excluding hydrogens is 352 g/mol. The molecule has 0 aromatic heterocycles. The number of ether oxygens (including phenoxy) is 1. The van der Waals surface area contributed by atoms with Crippen LogP contribution in [0.15, 0.2) is 29.2 Å². The SMILES string of the molecule is COCCN(CC(C)C)C(=O)c1cccc(S(=O)(=O)N2CCCCC2)c1. The molecule has 26 heavy (non-hydrogen) atoms. The predicted octanol–water partition coefficient (Wildman–Crippen LogP) is 2.61. The maximum Gasteiger partial charge on any atom is 0.253 e. The van der Waals surface area contributed by atoms with Gasteiger partial charge in [-0.15, -0.1) is 0 Å². The molecule has 0 radical (unpaired) electrons. The number of methoxy groups -OCH3 is 1. The summed E-state index contributed by atoms with van der Waals surface area (Å²) in [6, 6.07) is 6.40. The molecule has 6 nitrogen and oxygen atoms in total. The van der Waals surface area contributed by atoms with Gasteiger partial charge in [-0.2, -0.15) is 4.31 Å². The summed E-state index contributed by atoms with van der Waals surface area (Å²) in [6.07, 6.45) is 2.84.